The van der Waals surface area contributed by atoms with E-state index < -0.39 is 12.0 Å². The van der Waals surface area contributed by atoms with Gasteiger partial charge >= 0.3 is 5.97 Å². The number of hydrogen-bond donors (Lipinski definition) is 1. The molecule has 1 unspecified atom stereocenters. The van der Waals surface area contributed by atoms with Crippen molar-refractivity contribution in [1.82, 2.24) is 9.55 Å². The standard InChI is InChI=1S/C12H17N3O3/c1-14-8-6-13-10(11(14)16)15-7-4-2-3-5-9(15)12(17)18/h6,8-9H,2-5,7H2,1H3,(H,17,18). The molecule has 1 N–H and O–H groups in total. The van der Waals surface area contributed by atoms with E-state index in [9.17, 15) is 14.7 Å². The lowest BCUT2D eigenvalue weighted by atomic mass is 10.1. The molecule has 0 aliphatic carbocycles. The Morgan fingerprint density at radius 2 is 2.22 bits per heavy atom. The predicted octanol–water partition coefficient (Wildman–Crippen LogP) is 0.614. The molecule has 0 radical (unpaired) electrons. The fraction of sp³-hybridized carbons (Fsp3) is 0.583. The summed E-state index contributed by atoms with van der Waals surface area (Å²) in [4.78, 5) is 29.0. The maximum absolute atomic E-state index is 12.0. The second-order valence-corrected chi connectivity index (χ2v) is 4.56. The Bertz CT molecular complexity index is 498. The third-order valence-electron chi connectivity index (χ3n) is 3.31. The number of aliphatic carboxylic acids is 1. The molecule has 0 aromatic carbocycles. The number of rotatable bonds is 2. The summed E-state index contributed by atoms with van der Waals surface area (Å²) in [6.07, 6.45) is 6.42. The molecule has 1 saturated heterocycles. The Hall–Kier alpha value is -1.85. The van der Waals surface area contributed by atoms with Crippen molar-refractivity contribution < 1.29 is 9.90 Å². The van der Waals surface area contributed by atoms with Crippen molar-refractivity contribution in [2.75, 3.05) is 11.4 Å². The van der Waals surface area contributed by atoms with E-state index in [0.717, 1.165) is 19.3 Å². The first kappa shape index (κ1) is 12.6. The molecule has 0 saturated carbocycles. The summed E-state index contributed by atoms with van der Waals surface area (Å²) in [6.45, 7) is 0.573. The van der Waals surface area contributed by atoms with E-state index in [0.29, 0.717) is 13.0 Å². The molecule has 1 atom stereocenters. The first-order chi connectivity index (χ1) is 8.61. The summed E-state index contributed by atoms with van der Waals surface area (Å²) in [7, 11) is 1.64. The lowest BCUT2D eigenvalue weighted by Crippen LogP contribution is -2.44. The largest absolute Gasteiger partial charge is 0.480 e. The van der Waals surface area contributed by atoms with Crippen LogP contribution in [0.3, 0.4) is 0 Å². The van der Waals surface area contributed by atoms with Crippen molar-refractivity contribution >= 4 is 11.8 Å². The van der Waals surface area contributed by atoms with E-state index in [1.165, 1.54) is 10.8 Å². The number of aryl methyl sites for hydroxylation is 1. The van der Waals surface area contributed by atoms with Crippen molar-refractivity contribution in [3.63, 3.8) is 0 Å². The van der Waals surface area contributed by atoms with Crippen LogP contribution in [0.4, 0.5) is 5.82 Å². The van der Waals surface area contributed by atoms with Crippen LogP contribution in [0, 0.1) is 0 Å². The zero-order valence-electron chi connectivity index (χ0n) is 10.4. The Kier molecular flexibility index (Phi) is 3.64. The molecule has 0 bridgehead atoms. The van der Waals surface area contributed by atoms with E-state index in [4.69, 9.17) is 0 Å². The number of carboxylic acid groups (broad SMARTS) is 1. The van der Waals surface area contributed by atoms with E-state index in [2.05, 4.69) is 4.98 Å². The number of carbonyl (C=O) groups is 1. The quantitative estimate of drug-likeness (QED) is 0.833. The Labute approximate surface area is 105 Å². The number of anilines is 1. The van der Waals surface area contributed by atoms with Crippen LogP contribution in [0.5, 0.6) is 0 Å². The Morgan fingerprint density at radius 3 is 2.94 bits per heavy atom. The van der Waals surface area contributed by atoms with E-state index in [1.54, 1.807) is 18.1 Å². The smallest absolute Gasteiger partial charge is 0.326 e. The third-order valence-corrected chi connectivity index (χ3v) is 3.31. The zero-order valence-corrected chi connectivity index (χ0v) is 10.4. The van der Waals surface area contributed by atoms with Crippen molar-refractivity contribution in [1.29, 1.82) is 0 Å². The number of hydrogen-bond acceptors (Lipinski definition) is 4. The molecule has 0 spiro atoms. The molecule has 0 amide bonds. The van der Waals surface area contributed by atoms with E-state index in [1.807, 2.05) is 0 Å². The van der Waals surface area contributed by atoms with Gasteiger partial charge in [-0.05, 0) is 12.8 Å². The molecule has 1 aliphatic rings. The minimum atomic E-state index is -0.885. The summed E-state index contributed by atoms with van der Waals surface area (Å²) in [5.74, 6) is -0.640. The summed E-state index contributed by atoms with van der Waals surface area (Å²) in [5.41, 5.74) is -0.245. The van der Waals surface area contributed by atoms with Gasteiger partial charge in [0.25, 0.3) is 5.56 Å². The van der Waals surface area contributed by atoms with Gasteiger partial charge in [0.05, 0.1) is 0 Å². The van der Waals surface area contributed by atoms with Crippen molar-refractivity contribution in [2.24, 2.45) is 7.05 Å². The molecular weight excluding hydrogens is 234 g/mol. The average Bonchev–Trinajstić information content (AvgIpc) is 2.58. The maximum Gasteiger partial charge on any atom is 0.326 e. The van der Waals surface area contributed by atoms with E-state index >= 15 is 0 Å². The predicted molar refractivity (Wildman–Crippen MR) is 66.7 cm³/mol. The molecule has 1 aromatic heterocycles. The summed E-state index contributed by atoms with van der Waals surface area (Å²) >= 11 is 0. The van der Waals surface area contributed by atoms with Gasteiger partial charge < -0.3 is 14.6 Å². The van der Waals surface area contributed by atoms with Crippen LogP contribution in [-0.2, 0) is 11.8 Å². The first-order valence-electron chi connectivity index (χ1n) is 6.12. The van der Waals surface area contributed by atoms with Gasteiger partial charge in [-0.3, -0.25) is 4.79 Å². The van der Waals surface area contributed by atoms with E-state index in [-0.39, 0.29) is 11.4 Å². The summed E-state index contributed by atoms with van der Waals surface area (Å²) in [5, 5.41) is 9.28. The fourth-order valence-electron chi connectivity index (χ4n) is 2.30. The SMILES string of the molecule is Cn1ccnc(N2CCCCCC2C(=O)O)c1=O. The monoisotopic (exact) mass is 251 g/mol. The highest BCUT2D eigenvalue weighted by Gasteiger charge is 2.29. The van der Waals surface area contributed by atoms with Crippen LogP contribution in [0.2, 0.25) is 0 Å². The molecule has 98 valence electrons. The lowest BCUT2D eigenvalue weighted by molar-refractivity contribution is -0.138. The number of carboxylic acids is 1. The molecule has 6 heteroatoms. The molecule has 2 heterocycles. The third kappa shape index (κ3) is 2.37. The molecule has 1 fully saturated rings. The molecule has 18 heavy (non-hydrogen) atoms. The maximum atomic E-state index is 12.0. The molecule has 6 nitrogen and oxygen atoms in total. The fourth-order valence-corrected chi connectivity index (χ4v) is 2.30. The number of nitrogens with zero attached hydrogens (tertiary/aromatic N) is 3. The topological polar surface area (TPSA) is 75.4 Å². The van der Waals surface area contributed by atoms with Crippen LogP contribution < -0.4 is 10.5 Å². The summed E-state index contributed by atoms with van der Waals surface area (Å²) < 4.78 is 1.42. The lowest BCUT2D eigenvalue weighted by Gasteiger charge is -2.27. The second kappa shape index (κ2) is 5.20. The normalized spacial score (nSPS) is 20.5. The van der Waals surface area contributed by atoms with Gasteiger partial charge in [-0.2, -0.15) is 0 Å². The van der Waals surface area contributed by atoms with Crippen molar-refractivity contribution in [3.05, 3.63) is 22.7 Å². The average molecular weight is 251 g/mol. The first-order valence-corrected chi connectivity index (χ1v) is 6.12. The molecule has 1 aromatic rings. The minimum Gasteiger partial charge on any atom is -0.480 e. The van der Waals surface area contributed by atoms with Gasteiger partial charge in [0, 0.05) is 26.0 Å². The Balaban J connectivity index is 2.41. The molecule has 2 rings (SSSR count). The molecule has 1 aliphatic heterocycles. The molecular formula is C12H17N3O3. The second-order valence-electron chi connectivity index (χ2n) is 4.56. The van der Waals surface area contributed by atoms with Crippen LogP contribution in [-0.4, -0.2) is 33.2 Å². The summed E-state index contributed by atoms with van der Waals surface area (Å²) in [6, 6.07) is -0.643. The highest BCUT2D eigenvalue weighted by molar-refractivity contribution is 5.77. The van der Waals surface area contributed by atoms with Crippen LogP contribution in [0.1, 0.15) is 25.7 Å². The van der Waals surface area contributed by atoms with Crippen molar-refractivity contribution in [2.45, 2.75) is 31.7 Å². The Morgan fingerprint density at radius 1 is 1.44 bits per heavy atom. The minimum absolute atomic E-state index is 0.245. The van der Waals surface area contributed by atoms with Crippen LogP contribution in [0.25, 0.3) is 0 Å². The van der Waals surface area contributed by atoms with Gasteiger partial charge in [0.15, 0.2) is 5.82 Å². The zero-order chi connectivity index (χ0) is 13.1. The van der Waals surface area contributed by atoms with Crippen LogP contribution in [0.15, 0.2) is 17.2 Å². The van der Waals surface area contributed by atoms with Gasteiger partial charge in [-0.15, -0.1) is 0 Å². The highest BCUT2D eigenvalue weighted by atomic mass is 16.4. The number of aromatic nitrogens is 2. The van der Waals surface area contributed by atoms with Gasteiger partial charge in [-0.25, -0.2) is 9.78 Å². The van der Waals surface area contributed by atoms with Gasteiger partial charge in [-0.1, -0.05) is 12.8 Å². The van der Waals surface area contributed by atoms with Crippen LogP contribution >= 0.6 is 0 Å². The van der Waals surface area contributed by atoms with Gasteiger partial charge in [0.2, 0.25) is 0 Å². The highest BCUT2D eigenvalue weighted by Crippen LogP contribution is 2.20. The van der Waals surface area contributed by atoms with Crippen molar-refractivity contribution in [3.8, 4) is 0 Å². The van der Waals surface area contributed by atoms with Gasteiger partial charge in [0.1, 0.15) is 6.04 Å².